The standard InChI is InChI=1S/C31H33O4P2.2ClH.Pd/c1-32-24-14-5-9-18-28(24)36(29-19-10-6-15-25(29)33-2)22-13-23-37(30-20-11-7-16-26(30)34-3)31-21-12-8-17-27(31)35-4;;;/h5-12,14-22H,13,23H2,1-4H3;2*1H;/q-1;;;+2/p-2. The van der Waals surface area contributed by atoms with Crippen LogP contribution in [0.25, 0.3) is 0 Å². The first-order valence-corrected chi connectivity index (χ1v) is 19.3. The van der Waals surface area contributed by atoms with Crippen molar-refractivity contribution in [2.24, 2.45) is 0 Å². The van der Waals surface area contributed by atoms with Crippen molar-refractivity contribution in [1.82, 2.24) is 0 Å². The normalized spacial score (nSPS) is 10.7. The maximum atomic E-state index is 5.78. The van der Waals surface area contributed by atoms with Crippen molar-refractivity contribution in [1.29, 1.82) is 0 Å². The van der Waals surface area contributed by atoms with E-state index in [2.05, 4.69) is 54.7 Å². The number of rotatable bonds is 12. The molecule has 0 unspecified atom stereocenters. The average molecular weight is 709 g/mol. The van der Waals surface area contributed by atoms with Gasteiger partial charge >= 0.3 is 35.0 Å². The van der Waals surface area contributed by atoms with Gasteiger partial charge < -0.3 is 18.9 Å². The first-order valence-electron chi connectivity index (χ1n) is 12.4. The van der Waals surface area contributed by atoms with Crippen LogP contribution in [0.15, 0.2) is 97.1 Å². The summed E-state index contributed by atoms with van der Waals surface area (Å²) in [6, 6.07) is 33.2. The Labute approximate surface area is 256 Å². The zero-order valence-corrected chi connectivity index (χ0v) is 27.7. The van der Waals surface area contributed by atoms with Crippen LogP contribution in [0.5, 0.6) is 23.0 Å². The molecule has 0 radical (unpaired) electrons. The maximum absolute atomic E-state index is 5.78. The van der Waals surface area contributed by atoms with Crippen molar-refractivity contribution in [3.63, 3.8) is 0 Å². The summed E-state index contributed by atoms with van der Waals surface area (Å²) in [7, 11) is 15.0. The molecule has 0 aliphatic carbocycles. The first-order chi connectivity index (χ1) is 19.6. The molecule has 4 aromatic carbocycles. The molecule has 0 saturated heterocycles. The molecule has 0 N–H and O–H groups in total. The van der Waals surface area contributed by atoms with Crippen LogP contribution in [0.4, 0.5) is 0 Å². The summed E-state index contributed by atoms with van der Waals surface area (Å²) in [5, 5.41) is 4.81. The quantitative estimate of drug-likeness (QED) is 0.0886. The van der Waals surface area contributed by atoms with Crippen molar-refractivity contribution in [3.8, 4) is 23.0 Å². The molecule has 0 heterocycles. The molecule has 0 aliphatic heterocycles. The van der Waals surface area contributed by atoms with Gasteiger partial charge in [-0.25, -0.2) is 0 Å². The minimum atomic E-state index is -0.822. The number of benzene rings is 4. The van der Waals surface area contributed by atoms with Crippen molar-refractivity contribution in [3.05, 3.63) is 103 Å². The predicted octanol–water partition coefficient (Wildman–Crippen LogP) is 7.21. The fourth-order valence-corrected chi connectivity index (χ4v) is 9.44. The number of ether oxygens (including phenoxy) is 4. The summed E-state index contributed by atoms with van der Waals surface area (Å²) in [6.07, 6.45) is 4.31. The molecule has 0 aliphatic rings. The molecule has 0 saturated carbocycles. The van der Waals surface area contributed by atoms with Gasteiger partial charge in [0.1, 0.15) is 23.0 Å². The number of halogens is 2. The van der Waals surface area contributed by atoms with Crippen LogP contribution in [0.3, 0.4) is 0 Å². The molecule has 4 nitrogen and oxygen atoms in total. The zero-order chi connectivity index (χ0) is 28.7. The van der Waals surface area contributed by atoms with Gasteiger partial charge in [-0.2, -0.15) is 14.3 Å². The van der Waals surface area contributed by atoms with E-state index >= 15 is 0 Å². The number of hydrogen-bond donors (Lipinski definition) is 0. The van der Waals surface area contributed by atoms with Crippen LogP contribution < -0.4 is 40.2 Å². The zero-order valence-electron chi connectivity index (χ0n) is 22.8. The molecule has 9 heteroatoms. The molecular formula is C31H33Cl2O4P2Pd-. The number of para-hydroxylation sites is 4. The van der Waals surface area contributed by atoms with E-state index in [9.17, 15) is 0 Å². The van der Waals surface area contributed by atoms with E-state index in [1.807, 2.05) is 48.5 Å². The Morgan fingerprint density at radius 3 is 1.20 bits per heavy atom. The molecule has 4 aromatic rings. The van der Waals surface area contributed by atoms with Gasteiger partial charge in [0.15, 0.2) is 0 Å². The van der Waals surface area contributed by atoms with E-state index in [1.54, 1.807) is 28.4 Å². The minimum absolute atomic E-state index is 0.106. The van der Waals surface area contributed by atoms with Crippen molar-refractivity contribution >= 4 is 56.1 Å². The van der Waals surface area contributed by atoms with Crippen LogP contribution in [0.2, 0.25) is 0 Å². The molecule has 216 valence electrons. The summed E-state index contributed by atoms with van der Waals surface area (Å²) in [6.45, 7) is 0. The monoisotopic (exact) mass is 707 g/mol. The summed E-state index contributed by atoms with van der Waals surface area (Å²) in [5.41, 5.74) is 0. The van der Waals surface area contributed by atoms with Gasteiger partial charge in [0.05, 0.1) is 28.4 Å². The number of hydrogen-bond acceptors (Lipinski definition) is 4. The SMILES string of the molecule is COc1ccccc1P([CH-]CCP(c1ccccc1OC)c1ccccc1OC)c1ccccc1OC.[Cl][Pd][Cl]. The van der Waals surface area contributed by atoms with Crippen molar-refractivity contribution < 1.29 is 34.9 Å². The topological polar surface area (TPSA) is 36.9 Å². The van der Waals surface area contributed by atoms with Gasteiger partial charge in [-0.05, 0) is 42.8 Å². The van der Waals surface area contributed by atoms with Crippen molar-refractivity contribution in [2.45, 2.75) is 6.42 Å². The molecule has 40 heavy (non-hydrogen) atoms. The van der Waals surface area contributed by atoms with Gasteiger partial charge in [-0.3, -0.25) is 6.16 Å². The van der Waals surface area contributed by atoms with E-state index in [0.29, 0.717) is 0 Å². The van der Waals surface area contributed by atoms with E-state index in [1.165, 1.54) is 21.2 Å². The van der Waals surface area contributed by atoms with E-state index < -0.39 is 15.8 Å². The van der Waals surface area contributed by atoms with Crippen LogP contribution in [-0.2, 0) is 15.9 Å². The predicted molar refractivity (Wildman–Crippen MR) is 170 cm³/mol. The molecule has 0 bridgehead atoms. The second kappa shape index (κ2) is 17.9. The third kappa shape index (κ3) is 8.60. The summed E-state index contributed by atoms with van der Waals surface area (Å²) < 4.78 is 23.1. The van der Waals surface area contributed by atoms with E-state index in [-0.39, 0.29) is 15.9 Å². The summed E-state index contributed by atoms with van der Waals surface area (Å²) in [5.74, 6) is 3.62. The third-order valence-electron chi connectivity index (χ3n) is 6.11. The van der Waals surface area contributed by atoms with Gasteiger partial charge in [0, 0.05) is 10.6 Å². The molecular weight excluding hydrogens is 676 g/mol. The Hall–Kier alpha value is -1.82. The molecule has 0 spiro atoms. The van der Waals surface area contributed by atoms with E-state index in [0.717, 1.165) is 35.6 Å². The number of methoxy groups -OCH3 is 4. The third-order valence-corrected chi connectivity index (χ3v) is 11.1. The van der Waals surface area contributed by atoms with Crippen LogP contribution in [0.1, 0.15) is 6.42 Å². The summed E-state index contributed by atoms with van der Waals surface area (Å²) >= 11 is -0.106. The fourth-order valence-electron chi connectivity index (χ4n) is 4.38. The molecule has 0 atom stereocenters. The Morgan fingerprint density at radius 1 is 0.550 bits per heavy atom. The van der Waals surface area contributed by atoms with Crippen LogP contribution in [-0.4, -0.2) is 34.6 Å². The Bertz CT molecular complexity index is 1130. The van der Waals surface area contributed by atoms with E-state index in [4.69, 9.17) is 38.0 Å². The molecule has 0 amide bonds. The first kappa shape index (κ1) is 32.7. The Kier molecular flexibility index (Phi) is 14.6. The van der Waals surface area contributed by atoms with Gasteiger partial charge in [-0.1, -0.05) is 79.0 Å². The average Bonchev–Trinajstić information content (AvgIpc) is 3.01. The molecule has 0 fully saturated rings. The Morgan fingerprint density at radius 2 is 0.850 bits per heavy atom. The van der Waals surface area contributed by atoms with Gasteiger partial charge in [0.25, 0.3) is 0 Å². The van der Waals surface area contributed by atoms with Gasteiger partial charge in [-0.15, -0.1) is 0 Å². The molecule has 4 rings (SSSR count). The second-order valence-corrected chi connectivity index (χ2v) is 14.9. The Balaban J connectivity index is 0.00000141. The van der Waals surface area contributed by atoms with Crippen molar-refractivity contribution in [2.75, 3.05) is 34.6 Å². The van der Waals surface area contributed by atoms with Gasteiger partial charge in [0.2, 0.25) is 0 Å². The summed E-state index contributed by atoms with van der Waals surface area (Å²) in [4.78, 5) is 0. The fraction of sp³-hybridized carbons (Fsp3) is 0.194. The van der Waals surface area contributed by atoms with Crippen LogP contribution >= 0.6 is 34.9 Å². The molecule has 0 aromatic heterocycles. The van der Waals surface area contributed by atoms with Crippen LogP contribution in [0, 0.1) is 6.16 Å². The second-order valence-electron chi connectivity index (χ2n) is 8.23.